The van der Waals surface area contributed by atoms with Gasteiger partial charge in [0.25, 0.3) is 0 Å². The molecule has 0 radical (unpaired) electrons. The van der Waals surface area contributed by atoms with E-state index in [-0.39, 0.29) is 17.8 Å². The summed E-state index contributed by atoms with van der Waals surface area (Å²) >= 11 is 5.80. The molecule has 4 aromatic rings. The minimum atomic E-state index is -4.48. The predicted molar refractivity (Wildman–Crippen MR) is 144 cm³/mol. The second-order valence-electron chi connectivity index (χ2n) is 9.28. The fourth-order valence-corrected chi connectivity index (χ4v) is 5.51. The standard InChI is InChI=1S/C29H27F3N4OS/c1-18-16-22(19(2)36(18)25-10-5-4-8-23(25)29(30,31)32)27-26(24-9-6-7-15-33-24)34-28(38)35(27)17-20-11-13-21(37-3)14-12-20/h4-16,26-27H,17H2,1-3H3,(H,34,38). The number of hydrogen-bond acceptors (Lipinski definition) is 3. The maximum absolute atomic E-state index is 13.9. The van der Waals surface area contributed by atoms with Gasteiger partial charge in [0.1, 0.15) is 5.75 Å². The number of alkyl halides is 3. The first-order valence-electron chi connectivity index (χ1n) is 12.2. The fraction of sp³-hybridized carbons (Fsp3) is 0.241. The lowest BCUT2D eigenvalue weighted by atomic mass is 9.96. The summed E-state index contributed by atoms with van der Waals surface area (Å²) < 4.78 is 48.8. The number of rotatable bonds is 6. The number of para-hydroxylation sites is 1. The van der Waals surface area contributed by atoms with Crippen LogP contribution < -0.4 is 10.1 Å². The van der Waals surface area contributed by atoms with Crippen molar-refractivity contribution in [2.24, 2.45) is 0 Å². The van der Waals surface area contributed by atoms with E-state index in [1.807, 2.05) is 62.4 Å². The highest BCUT2D eigenvalue weighted by molar-refractivity contribution is 7.80. The molecule has 1 fully saturated rings. The van der Waals surface area contributed by atoms with Gasteiger partial charge in [0.05, 0.1) is 36.1 Å². The molecule has 2 atom stereocenters. The van der Waals surface area contributed by atoms with Gasteiger partial charge in [-0.05, 0) is 79.7 Å². The summed E-state index contributed by atoms with van der Waals surface area (Å²) in [6.45, 7) is 4.19. The van der Waals surface area contributed by atoms with Gasteiger partial charge in [-0.3, -0.25) is 4.98 Å². The van der Waals surface area contributed by atoms with E-state index >= 15 is 0 Å². The zero-order valence-corrected chi connectivity index (χ0v) is 22.0. The maximum atomic E-state index is 13.9. The highest BCUT2D eigenvalue weighted by Crippen LogP contribution is 2.43. The Morgan fingerprint density at radius 1 is 1.00 bits per heavy atom. The first-order chi connectivity index (χ1) is 18.2. The van der Waals surface area contributed by atoms with Crippen LogP contribution in [-0.2, 0) is 12.7 Å². The molecule has 1 saturated heterocycles. The molecule has 1 aliphatic heterocycles. The number of aryl methyl sites for hydroxylation is 1. The van der Waals surface area contributed by atoms with Crippen LogP contribution in [0.4, 0.5) is 13.2 Å². The predicted octanol–water partition coefficient (Wildman–Crippen LogP) is 6.69. The van der Waals surface area contributed by atoms with Gasteiger partial charge >= 0.3 is 6.18 Å². The van der Waals surface area contributed by atoms with Crippen LogP contribution in [0.15, 0.2) is 79.0 Å². The second-order valence-corrected chi connectivity index (χ2v) is 9.67. The summed E-state index contributed by atoms with van der Waals surface area (Å²) in [5.41, 5.74) is 3.56. The zero-order chi connectivity index (χ0) is 27.0. The lowest BCUT2D eigenvalue weighted by Crippen LogP contribution is -2.29. The van der Waals surface area contributed by atoms with Crippen LogP contribution in [0.3, 0.4) is 0 Å². The Morgan fingerprint density at radius 3 is 2.37 bits per heavy atom. The Morgan fingerprint density at radius 2 is 1.71 bits per heavy atom. The van der Waals surface area contributed by atoms with E-state index in [4.69, 9.17) is 17.0 Å². The van der Waals surface area contributed by atoms with E-state index in [1.54, 1.807) is 23.9 Å². The number of aromatic nitrogens is 2. The van der Waals surface area contributed by atoms with Crippen molar-refractivity contribution in [1.29, 1.82) is 0 Å². The number of halogens is 3. The number of thiocarbonyl (C=S) groups is 1. The number of nitrogens with zero attached hydrogens (tertiary/aromatic N) is 3. The summed E-state index contributed by atoms with van der Waals surface area (Å²) in [4.78, 5) is 6.66. The van der Waals surface area contributed by atoms with Crippen LogP contribution in [0.5, 0.6) is 5.75 Å². The van der Waals surface area contributed by atoms with E-state index in [0.29, 0.717) is 17.4 Å². The largest absolute Gasteiger partial charge is 0.497 e. The minimum absolute atomic E-state index is 0.103. The van der Waals surface area contributed by atoms with Crippen molar-refractivity contribution in [3.63, 3.8) is 0 Å². The molecule has 3 heterocycles. The summed E-state index contributed by atoms with van der Waals surface area (Å²) in [5, 5.41) is 3.98. The third-order valence-corrected chi connectivity index (χ3v) is 7.30. The van der Waals surface area contributed by atoms with E-state index in [9.17, 15) is 13.2 Å². The van der Waals surface area contributed by atoms with Crippen molar-refractivity contribution in [2.45, 2.75) is 38.7 Å². The van der Waals surface area contributed by atoms with E-state index in [0.717, 1.165) is 34.3 Å². The van der Waals surface area contributed by atoms with Crippen LogP contribution in [-0.4, -0.2) is 26.7 Å². The molecule has 2 aromatic heterocycles. The molecule has 2 unspecified atom stereocenters. The van der Waals surface area contributed by atoms with Gasteiger partial charge in [-0.2, -0.15) is 13.2 Å². The van der Waals surface area contributed by atoms with Gasteiger partial charge in [0.2, 0.25) is 0 Å². The van der Waals surface area contributed by atoms with Crippen LogP contribution in [0, 0.1) is 13.8 Å². The van der Waals surface area contributed by atoms with Crippen LogP contribution >= 0.6 is 12.2 Å². The van der Waals surface area contributed by atoms with E-state index in [1.165, 1.54) is 12.1 Å². The smallest absolute Gasteiger partial charge is 0.418 e. The fourth-order valence-electron chi connectivity index (χ4n) is 5.21. The average Bonchev–Trinajstić information content (AvgIpc) is 3.38. The molecule has 9 heteroatoms. The Labute approximate surface area is 224 Å². The molecule has 0 saturated carbocycles. The molecule has 38 heavy (non-hydrogen) atoms. The molecule has 196 valence electrons. The SMILES string of the molecule is COc1ccc(CN2C(=S)NC(c3ccccn3)C2c2cc(C)n(-c3ccccc3C(F)(F)F)c2C)cc1. The molecule has 1 N–H and O–H groups in total. The van der Waals surface area contributed by atoms with E-state index < -0.39 is 11.7 Å². The van der Waals surface area contributed by atoms with Crippen molar-refractivity contribution in [3.05, 3.63) is 113 Å². The highest BCUT2D eigenvalue weighted by atomic mass is 32.1. The third kappa shape index (κ3) is 4.74. The summed E-state index contributed by atoms with van der Waals surface area (Å²) in [6, 6.07) is 20.5. The van der Waals surface area contributed by atoms with Crippen LogP contribution in [0.1, 0.15) is 45.9 Å². The normalized spacial score (nSPS) is 17.5. The Balaban J connectivity index is 1.63. The molecule has 2 aromatic carbocycles. The minimum Gasteiger partial charge on any atom is -0.497 e. The lowest BCUT2D eigenvalue weighted by molar-refractivity contribution is -0.137. The molecule has 0 bridgehead atoms. The first kappa shape index (κ1) is 25.8. The molecule has 0 aliphatic carbocycles. The van der Waals surface area contributed by atoms with E-state index in [2.05, 4.69) is 15.2 Å². The van der Waals surface area contributed by atoms with Crippen LogP contribution in [0.25, 0.3) is 5.69 Å². The number of nitrogens with one attached hydrogen (secondary N) is 1. The Hall–Kier alpha value is -3.85. The van der Waals surface area contributed by atoms with Gasteiger partial charge in [0, 0.05) is 24.1 Å². The first-order valence-corrected chi connectivity index (χ1v) is 12.6. The quantitative estimate of drug-likeness (QED) is 0.278. The van der Waals surface area contributed by atoms with Crippen molar-refractivity contribution in [3.8, 4) is 11.4 Å². The van der Waals surface area contributed by atoms with Crippen molar-refractivity contribution in [1.82, 2.24) is 19.8 Å². The molecule has 0 amide bonds. The van der Waals surface area contributed by atoms with Gasteiger partial charge in [0.15, 0.2) is 5.11 Å². The molecule has 5 nitrogen and oxygen atoms in total. The number of benzene rings is 2. The number of hydrogen-bond donors (Lipinski definition) is 1. The molecule has 0 spiro atoms. The maximum Gasteiger partial charge on any atom is 0.418 e. The molecule has 1 aliphatic rings. The summed E-state index contributed by atoms with van der Waals surface area (Å²) in [5.74, 6) is 0.755. The second kappa shape index (κ2) is 10.1. The monoisotopic (exact) mass is 536 g/mol. The molecular weight excluding hydrogens is 509 g/mol. The van der Waals surface area contributed by atoms with Gasteiger partial charge in [-0.1, -0.05) is 30.3 Å². The van der Waals surface area contributed by atoms with Gasteiger partial charge < -0.3 is 19.5 Å². The summed E-state index contributed by atoms with van der Waals surface area (Å²) in [6.07, 6.45) is -2.75. The highest BCUT2D eigenvalue weighted by Gasteiger charge is 2.42. The molecular formula is C29H27F3N4OS. The number of methoxy groups -OCH3 is 1. The van der Waals surface area contributed by atoms with Crippen molar-refractivity contribution < 1.29 is 17.9 Å². The van der Waals surface area contributed by atoms with Gasteiger partial charge in [-0.15, -0.1) is 0 Å². The van der Waals surface area contributed by atoms with Gasteiger partial charge in [-0.25, -0.2) is 0 Å². The number of ether oxygens (including phenoxy) is 1. The lowest BCUT2D eigenvalue weighted by Gasteiger charge is -2.28. The summed E-state index contributed by atoms with van der Waals surface area (Å²) in [7, 11) is 1.62. The Kier molecular flexibility index (Phi) is 6.88. The Bertz CT molecular complexity index is 1450. The zero-order valence-electron chi connectivity index (χ0n) is 21.2. The topological polar surface area (TPSA) is 42.3 Å². The van der Waals surface area contributed by atoms with Crippen molar-refractivity contribution in [2.75, 3.05) is 7.11 Å². The third-order valence-electron chi connectivity index (χ3n) is 6.95. The van der Waals surface area contributed by atoms with Crippen LogP contribution in [0.2, 0.25) is 0 Å². The molecule has 5 rings (SSSR count). The average molecular weight is 537 g/mol. The van der Waals surface area contributed by atoms with Crippen molar-refractivity contribution >= 4 is 17.3 Å². The number of pyridine rings is 1.